The quantitative estimate of drug-likeness (QED) is 0.721. The third kappa shape index (κ3) is 5.65. The molecule has 0 aliphatic rings. The van der Waals surface area contributed by atoms with E-state index in [1.54, 1.807) is 10.8 Å². The van der Waals surface area contributed by atoms with Crippen LogP contribution >= 0.6 is 11.6 Å². The molecule has 27 heavy (non-hydrogen) atoms. The van der Waals surface area contributed by atoms with Gasteiger partial charge in [0.25, 0.3) is 0 Å². The Balaban J connectivity index is 2.12. The van der Waals surface area contributed by atoms with Crippen molar-refractivity contribution in [3.63, 3.8) is 0 Å². The Morgan fingerprint density at radius 3 is 2.67 bits per heavy atom. The van der Waals surface area contributed by atoms with E-state index in [0.717, 1.165) is 5.69 Å². The second-order valence-corrected chi connectivity index (χ2v) is 6.92. The van der Waals surface area contributed by atoms with E-state index in [4.69, 9.17) is 11.6 Å². The van der Waals surface area contributed by atoms with Gasteiger partial charge in [-0.2, -0.15) is 5.10 Å². The zero-order chi connectivity index (χ0) is 20.1. The molecule has 0 aliphatic heterocycles. The summed E-state index contributed by atoms with van der Waals surface area (Å²) in [7, 11) is 0. The molecule has 2 amide bonds. The zero-order valence-electron chi connectivity index (χ0n) is 15.6. The van der Waals surface area contributed by atoms with Gasteiger partial charge in [0.05, 0.1) is 11.4 Å². The first-order chi connectivity index (χ1) is 12.7. The second kappa shape index (κ2) is 8.81. The Kier molecular flexibility index (Phi) is 6.74. The van der Waals surface area contributed by atoms with Crippen LogP contribution in [0.2, 0.25) is 5.15 Å². The first kappa shape index (κ1) is 20.6. The molecule has 0 atom stereocenters. The van der Waals surface area contributed by atoms with Gasteiger partial charge >= 0.3 is 0 Å². The van der Waals surface area contributed by atoms with Crippen molar-refractivity contribution < 1.29 is 14.0 Å². The van der Waals surface area contributed by atoms with Crippen molar-refractivity contribution >= 4 is 40.9 Å². The van der Waals surface area contributed by atoms with Crippen LogP contribution in [0.1, 0.15) is 32.0 Å². The van der Waals surface area contributed by atoms with Crippen LogP contribution in [0.3, 0.4) is 0 Å². The van der Waals surface area contributed by atoms with Gasteiger partial charge < -0.3 is 10.6 Å². The van der Waals surface area contributed by atoms with E-state index in [-0.39, 0.29) is 5.69 Å². The smallest absolute Gasteiger partial charge is 0.248 e. The number of benzene rings is 1. The molecule has 6 nitrogen and oxygen atoms in total. The standard InChI is InChI=1S/C19H22ClFN4O2/c1-11(2)10-25-19(20)15(12(3)24-25)6-8-18(27)23-14-5-7-16(21)17(9-14)22-13(4)26/h5-9,11H,10H2,1-4H3,(H,22,26)(H,23,27). The Hall–Kier alpha value is -2.67. The molecule has 0 saturated heterocycles. The molecule has 1 heterocycles. The van der Waals surface area contributed by atoms with Crippen LogP contribution in [-0.2, 0) is 16.1 Å². The van der Waals surface area contributed by atoms with Crippen LogP contribution in [0.15, 0.2) is 24.3 Å². The molecule has 8 heteroatoms. The van der Waals surface area contributed by atoms with E-state index >= 15 is 0 Å². The van der Waals surface area contributed by atoms with E-state index in [0.29, 0.717) is 28.9 Å². The minimum Gasteiger partial charge on any atom is -0.324 e. The lowest BCUT2D eigenvalue weighted by Gasteiger charge is -2.07. The summed E-state index contributed by atoms with van der Waals surface area (Å²) in [6.07, 6.45) is 2.92. The van der Waals surface area contributed by atoms with Crippen LogP contribution in [0.25, 0.3) is 6.08 Å². The molecule has 144 valence electrons. The highest BCUT2D eigenvalue weighted by atomic mass is 35.5. The highest BCUT2D eigenvalue weighted by Crippen LogP contribution is 2.23. The molecule has 0 unspecified atom stereocenters. The lowest BCUT2D eigenvalue weighted by Crippen LogP contribution is -2.11. The lowest BCUT2D eigenvalue weighted by atomic mass is 10.2. The minimum atomic E-state index is -0.585. The zero-order valence-corrected chi connectivity index (χ0v) is 16.4. The Labute approximate surface area is 162 Å². The predicted molar refractivity (Wildman–Crippen MR) is 105 cm³/mol. The van der Waals surface area contributed by atoms with Crippen molar-refractivity contribution in [1.82, 2.24) is 9.78 Å². The summed E-state index contributed by atoms with van der Waals surface area (Å²) in [5, 5.41) is 9.84. The number of carbonyl (C=O) groups is 2. The largest absolute Gasteiger partial charge is 0.324 e. The molecule has 0 fully saturated rings. The monoisotopic (exact) mass is 392 g/mol. The average molecular weight is 393 g/mol. The van der Waals surface area contributed by atoms with Gasteiger partial charge in [-0.25, -0.2) is 4.39 Å². The van der Waals surface area contributed by atoms with Gasteiger partial charge in [0, 0.05) is 30.8 Å². The van der Waals surface area contributed by atoms with Crippen LogP contribution in [0.4, 0.5) is 15.8 Å². The van der Waals surface area contributed by atoms with E-state index in [9.17, 15) is 14.0 Å². The molecule has 0 radical (unpaired) electrons. The van der Waals surface area contributed by atoms with Crippen molar-refractivity contribution in [2.75, 3.05) is 10.6 Å². The molecule has 0 spiro atoms. The molecule has 2 aromatic rings. The van der Waals surface area contributed by atoms with Gasteiger partial charge in [0.1, 0.15) is 11.0 Å². The summed E-state index contributed by atoms with van der Waals surface area (Å²) in [5.74, 6) is -1.01. The van der Waals surface area contributed by atoms with E-state index in [1.165, 1.54) is 31.2 Å². The van der Waals surface area contributed by atoms with Gasteiger partial charge in [-0.15, -0.1) is 0 Å². The number of aryl methyl sites for hydroxylation is 1. The number of nitrogens with zero attached hydrogens (tertiary/aromatic N) is 2. The fourth-order valence-electron chi connectivity index (χ4n) is 2.45. The normalized spacial score (nSPS) is 11.2. The number of nitrogens with one attached hydrogen (secondary N) is 2. The maximum Gasteiger partial charge on any atom is 0.248 e. The first-order valence-corrected chi connectivity index (χ1v) is 8.84. The Bertz CT molecular complexity index is 890. The topological polar surface area (TPSA) is 76.0 Å². The van der Waals surface area contributed by atoms with Crippen molar-refractivity contribution in [1.29, 1.82) is 0 Å². The first-order valence-electron chi connectivity index (χ1n) is 8.46. The van der Waals surface area contributed by atoms with Gasteiger partial charge in [-0.1, -0.05) is 25.4 Å². The Morgan fingerprint density at radius 1 is 1.33 bits per heavy atom. The number of anilines is 2. The number of carbonyl (C=O) groups excluding carboxylic acids is 2. The van der Waals surface area contributed by atoms with E-state index in [2.05, 4.69) is 29.6 Å². The molecule has 1 aromatic heterocycles. The van der Waals surface area contributed by atoms with Crippen LogP contribution in [0, 0.1) is 18.7 Å². The molecule has 0 saturated carbocycles. The fourth-order valence-corrected chi connectivity index (χ4v) is 2.76. The Morgan fingerprint density at radius 2 is 2.04 bits per heavy atom. The summed E-state index contributed by atoms with van der Waals surface area (Å²) < 4.78 is 15.4. The van der Waals surface area contributed by atoms with Crippen LogP contribution < -0.4 is 10.6 Å². The van der Waals surface area contributed by atoms with E-state index < -0.39 is 17.6 Å². The van der Waals surface area contributed by atoms with Gasteiger partial charge in [0.2, 0.25) is 11.8 Å². The molecule has 0 bridgehead atoms. The second-order valence-electron chi connectivity index (χ2n) is 6.56. The summed E-state index contributed by atoms with van der Waals surface area (Å²) in [6, 6.07) is 3.92. The maximum atomic E-state index is 13.7. The fraction of sp³-hybridized carbons (Fsp3) is 0.316. The SMILES string of the molecule is CC(=O)Nc1cc(NC(=O)C=Cc2c(C)nn(CC(C)C)c2Cl)ccc1F. The highest BCUT2D eigenvalue weighted by molar-refractivity contribution is 6.31. The molecule has 1 aromatic carbocycles. The summed E-state index contributed by atoms with van der Waals surface area (Å²) in [4.78, 5) is 23.3. The highest BCUT2D eigenvalue weighted by Gasteiger charge is 2.12. The number of hydrogen-bond acceptors (Lipinski definition) is 3. The number of halogens is 2. The van der Waals surface area contributed by atoms with E-state index in [1.807, 2.05) is 6.92 Å². The molecular weight excluding hydrogens is 371 g/mol. The van der Waals surface area contributed by atoms with Crippen molar-refractivity contribution in [3.8, 4) is 0 Å². The van der Waals surface area contributed by atoms with Crippen molar-refractivity contribution in [2.45, 2.75) is 34.2 Å². The van der Waals surface area contributed by atoms with Crippen LogP contribution in [-0.4, -0.2) is 21.6 Å². The summed E-state index contributed by atoms with van der Waals surface area (Å²) in [5.41, 5.74) is 1.75. The molecular formula is C19H22ClFN4O2. The number of aromatic nitrogens is 2. The van der Waals surface area contributed by atoms with Crippen molar-refractivity contribution in [3.05, 3.63) is 46.5 Å². The average Bonchev–Trinajstić information content (AvgIpc) is 2.81. The summed E-state index contributed by atoms with van der Waals surface area (Å²) in [6.45, 7) is 7.91. The predicted octanol–water partition coefficient (Wildman–Crippen LogP) is 4.25. The van der Waals surface area contributed by atoms with Gasteiger partial charge in [-0.05, 0) is 37.1 Å². The molecule has 2 rings (SSSR count). The lowest BCUT2D eigenvalue weighted by molar-refractivity contribution is -0.114. The minimum absolute atomic E-state index is 0.00173. The maximum absolute atomic E-state index is 13.7. The molecule has 2 N–H and O–H groups in total. The van der Waals surface area contributed by atoms with Gasteiger partial charge in [0.15, 0.2) is 0 Å². The third-order valence-electron chi connectivity index (χ3n) is 3.59. The van der Waals surface area contributed by atoms with Crippen molar-refractivity contribution in [2.24, 2.45) is 5.92 Å². The summed E-state index contributed by atoms with van der Waals surface area (Å²) >= 11 is 6.34. The number of amides is 2. The van der Waals surface area contributed by atoms with Gasteiger partial charge in [-0.3, -0.25) is 14.3 Å². The number of rotatable bonds is 6. The number of hydrogen-bond donors (Lipinski definition) is 2. The van der Waals surface area contributed by atoms with Crippen LogP contribution in [0.5, 0.6) is 0 Å². The molecule has 0 aliphatic carbocycles. The third-order valence-corrected chi connectivity index (χ3v) is 3.99.